The normalized spacial score (nSPS) is 6.71. The maximum atomic E-state index is 2.23. The lowest BCUT2D eigenvalue weighted by Crippen LogP contribution is -1.66. The number of rotatable bonds is 5. The Balaban J connectivity index is -0.0000000395. The highest BCUT2D eigenvalue weighted by Gasteiger charge is 1.75. The molecule has 0 unspecified atom stereocenters. The fourth-order valence-corrected chi connectivity index (χ4v) is 0.854. The molecule has 0 amide bonds. The summed E-state index contributed by atoms with van der Waals surface area (Å²) in [6.07, 6.45) is 9.61. The Labute approximate surface area is 115 Å². The van der Waals surface area contributed by atoms with E-state index in [1.807, 2.05) is 41.5 Å². The average Bonchev–Trinajstić information content (AvgIpc) is 2.45. The molecule has 0 atom stereocenters. The van der Waals surface area contributed by atoms with Crippen LogP contribution in [0.15, 0.2) is 0 Å². The molecule has 112 valence electrons. The average molecular weight is 249 g/mol. The van der Waals surface area contributed by atoms with Gasteiger partial charge in [-0.15, -0.1) is 0 Å². The van der Waals surface area contributed by atoms with Crippen molar-refractivity contribution in [3.8, 4) is 0 Å². The molecule has 0 spiro atoms. The first-order valence-electron chi connectivity index (χ1n) is 8.33. The topological polar surface area (TPSA) is 0 Å². The number of hydrogen-bond acceptors (Lipinski definition) is 0. The Hall–Kier alpha value is 0. The van der Waals surface area contributed by atoms with Crippen LogP contribution in [-0.4, -0.2) is 0 Å². The molecule has 0 aromatic heterocycles. The van der Waals surface area contributed by atoms with Gasteiger partial charge in [0.1, 0.15) is 0 Å². The van der Waals surface area contributed by atoms with Gasteiger partial charge in [0, 0.05) is 0 Å². The summed E-state index contributed by atoms with van der Waals surface area (Å²) in [5, 5.41) is 0. The Morgan fingerprint density at radius 2 is 0.529 bits per heavy atom. The number of hydrogen-bond donors (Lipinski definition) is 0. The van der Waals surface area contributed by atoms with Crippen LogP contribution in [-0.2, 0) is 0 Å². The second-order valence-electron chi connectivity index (χ2n) is 3.06. The fraction of sp³-hybridized carbons (Fsp3) is 1.00. The van der Waals surface area contributed by atoms with E-state index in [1.165, 1.54) is 44.9 Å². The lowest BCUT2D eigenvalue weighted by molar-refractivity contribution is 0.702. The smallest absolute Gasteiger partial charge is 0.0536 e. The van der Waals surface area contributed by atoms with Crippen molar-refractivity contribution in [1.82, 2.24) is 0 Å². The van der Waals surface area contributed by atoms with Gasteiger partial charge in [-0.05, 0) is 0 Å². The van der Waals surface area contributed by atoms with Crippen molar-refractivity contribution in [3.63, 3.8) is 0 Å². The van der Waals surface area contributed by atoms with Gasteiger partial charge in [-0.2, -0.15) is 0 Å². The lowest BCUT2D eigenvalue weighted by atomic mass is 10.2. The molecule has 0 bridgehead atoms. The predicted molar refractivity (Wildman–Crippen MR) is 89.1 cm³/mol. The third-order valence-electron chi connectivity index (χ3n) is 1.66. The van der Waals surface area contributed by atoms with Gasteiger partial charge in [0.15, 0.2) is 0 Å². The van der Waals surface area contributed by atoms with E-state index in [0.717, 1.165) is 0 Å². The monoisotopic (exact) mass is 248 g/mol. The van der Waals surface area contributed by atoms with E-state index in [-0.39, 0.29) is 0 Å². The van der Waals surface area contributed by atoms with E-state index in [9.17, 15) is 0 Å². The highest BCUT2D eigenvalue weighted by molar-refractivity contribution is 4.31. The second-order valence-corrected chi connectivity index (χ2v) is 3.06. The summed E-state index contributed by atoms with van der Waals surface area (Å²) in [7, 11) is 0. The third-order valence-corrected chi connectivity index (χ3v) is 1.66. The predicted octanol–water partition coefficient (Wildman–Crippen LogP) is 7.86. The first-order chi connectivity index (χ1) is 8.33. The van der Waals surface area contributed by atoms with Crippen molar-refractivity contribution in [2.45, 2.75) is 114 Å². The largest absolute Gasteiger partial charge is 0.0683 e. The van der Waals surface area contributed by atoms with E-state index in [2.05, 4.69) is 27.7 Å². The molecule has 0 heteroatoms. The van der Waals surface area contributed by atoms with Crippen LogP contribution in [0.3, 0.4) is 0 Å². The van der Waals surface area contributed by atoms with Crippen LogP contribution < -0.4 is 0 Å². The molecular weight excluding hydrogens is 204 g/mol. The summed E-state index contributed by atoms with van der Waals surface area (Å²) < 4.78 is 0. The van der Waals surface area contributed by atoms with E-state index in [4.69, 9.17) is 0 Å². The minimum atomic E-state index is 1.34. The summed E-state index contributed by atoms with van der Waals surface area (Å²) in [4.78, 5) is 0. The molecule has 0 aromatic carbocycles. The zero-order chi connectivity index (χ0) is 14.9. The Morgan fingerprint density at radius 3 is 0.588 bits per heavy atom. The maximum Gasteiger partial charge on any atom is -0.0536 e. The minimum absolute atomic E-state index is 1.34. The third kappa shape index (κ3) is 125. The number of unbranched alkanes of at least 4 members (excludes halogenated alkanes) is 5. The molecule has 0 fully saturated rings. The first-order valence-corrected chi connectivity index (χ1v) is 8.33. The Kier molecular flexibility index (Phi) is 131. The maximum absolute atomic E-state index is 2.23. The van der Waals surface area contributed by atoms with Crippen molar-refractivity contribution < 1.29 is 0 Å². The zero-order valence-electron chi connectivity index (χ0n) is 14.9. The lowest BCUT2D eigenvalue weighted by Gasteiger charge is -1.86. The zero-order valence-corrected chi connectivity index (χ0v) is 14.9. The van der Waals surface area contributed by atoms with E-state index < -0.39 is 0 Å². The molecular formula is C17H44. The van der Waals surface area contributed by atoms with Gasteiger partial charge in [0.25, 0.3) is 0 Å². The summed E-state index contributed by atoms with van der Waals surface area (Å²) in [5.41, 5.74) is 0. The van der Waals surface area contributed by atoms with Gasteiger partial charge in [0.2, 0.25) is 0 Å². The minimum Gasteiger partial charge on any atom is -0.0683 e. The second kappa shape index (κ2) is 73.5. The standard InChI is InChI=1S/C6H14.C5H12.3C2H6/c1-3-5-6-4-2;1-3-5-4-2;3*1-2/h3-6H2,1-2H3;3-5H2,1-2H3;3*1-2H3. The van der Waals surface area contributed by atoms with Gasteiger partial charge in [0.05, 0.1) is 0 Å². The molecule has 0 aliphatic rings. The van der Waals surface area contributed by atoms with Crippen LogP contribution in [0.4, 0.5) is 0 Å². The van der Waals surface area contributed by atoms with Gasteiger partial charge >= 0.3 is 0 Å². The highest BCUT2D eigenvalue weighted by Crippen LogP contribution is 1.95. The van der Waals surface area contributed by atoms with Crippen LogP contribution in [0.5, 0.6) is 0 Å². The molecule has 0 saturated carbocycles. The summed E-state index contributed by atoms with van der Waals surface area (Å²) >= 11 is 0. The summed E-state index contributed by atoms with van der Waals surface area (Å²) in [6, 6.07) is 0. The van der Waals surface area contributed by atoms with Crippen LogP contribution in [0.2, 0.25) is 0 Å². The molecule has 0 aliphatic carbocycles. The molecule has 0 aromatic rings. The molecule has 0 aliphatic heterocycles. The van der Waals surface area contributed by atoms with Crippen molar-refractivity contribution in [2.24, 2.45) is 0 Å². The molecule has 0 rings (SSSR count). The van der Waals surface area contributed by atoms with E-state index in [1.54, 1.807) is 0 Å². The molecule has 0 nitrogen and oxygen atoms in total. The van der Waals surface area contributed by atoms with Gasteiger partial charge in [-0.1, -0.05) is 114 Å². The van der Waals surface area contributed by atoms with Crippen LogP contribution in [0.25, 0.3) is 0 Å². The Bertz CT molecular complexity index is 33.3. The molecule has 0 heterocycles. The van der Waals surface area contributed by atoms with E-state index in [0.29, 0.717) is 0 Å². The van der Waals surface area contributed by atoms with Crippen molar-refractivity contribution in [2.75, 3.05) is 0 Å². The van der Waals surface area contributed by atoms with Crippen molar-refractivity contribution in [1.29, 1.82) is 0 Å². The fourth-order valence-electron chi connectivity index (χ4n) is 0.854. The van der Waals surface area contributed by atoms with Gasteiger partial charge < -0.3 is 0 Å². The van der Waals surface area contributed by atoms with E-state index >= 15 is 0 Å². The van der Waals surface area contributed by atoms with Crippen LogP contribution >= 0.6 is 0 Å². The molecule has 0 radical (unpaired) electrons. The highest BCUT2D eigenvalue weighted by atomic mass is 13.8. The SMILES string of the molecule is CC.CC.CC.CCCCC.CCCCCC. The summed E-state index contributed by atoms with van der Waals surface area (Å²) in [6.45, 7) is 20.9. The van der Waals surface area contributed by atoms with Gasteiger partial charge in [-0.25, -0.2) is 0 Å². The first kappa shape index (κ1) is 30.2. The van der Waals surface area contributed by atoms with Crippen molar-refractivity contribution in [3.05, 3.63) is 0 Å². The molecule has 0 N–H and O–H groups in total. The van der Waals surface area contributed by atoms with Crippen molar-refractivity contribution >= 4 is 0 Å². The van der Waals surface area contributed by atoms with Gasteiger partial charge in [-0.3, -0.25) is 0 Å². The molecule has 0 saturated heterocycles. The molecule has 17 heavy (non-hydrogen) atoms. The Morgan fingerprint density at radius 1 is 0.353 bits per heavy atom. The quantitative estimate of drug-likeness (QED) is 0.434. The summed E-state index contributed by atoms with van der Waals surface area (Å²) in [5.74, 6) is 0. The van der Waals surface area contributed by atoms with Crippen LogP contribution in [0, 0.1) is 0 Å². The van der Waals surface area contributed by atoms with Crippen LogP contribution in [0.1, 0.15) is 114 Å².